The highest BCUT2D eigenvalue weighted by Crippen LogP contribution is 2.29. The van der Waals surface area contributed by atoms with Gasteiger partial charge in [-0.15, -0.1) is 0 Å². The topological polar surface area (TPSA) is 47.3 Å². The number of benzene rings is 1. The van der Waals surface area contributed by atoms with Crippen LogP contribution >= 0.6 is 0 Å². The van der Waals surface area contributed by atoms with Gasteiger partial charge in [0.05, 0.1) is 7.11 Å². The molecular formula is C12H18N2O. The predicted octanol–water partition coefficient (Wildman–Crippen LogP) is 1.30. The number of hydrogen-bond acceptors (Lipinski definition) is 3. The van der Waals surface area contributed by atoms with E-state index in [-0.39, 0.29) is 0 Å². The van der Waals surface area contributed by atoms with Gasteiger partial charge < -0.3 is 15.8 Å². The zero-order valence-corrected chi connectivity index (χ0v) is 9.07. The second-order valence-corrected chi connectivity index (χ2v) is 3.99. The van der Waals surface area contributed by atoms with Gasteiger partial charge in [-0.25, -0.2) is 0 Å². The minimum absolute atomic E-state index is 0.418. The molecule has 0 radical (unpaired) electrons. The molecule has 0 aliphatic carbocycles. The van der Waals surface area contributed by atoms with Crippen LogP contribution in [0.15, 0.2) is 24.3 Å². The van der Waals surface area contributed by atoms with E-state index in [2.05, 4.69) is 17.4 Å². The third-order valence-corrected chi connectivity index (χ3v) is 3.13. The molecule has 1 aliphatic heterocycles. The van der Waals surface area contributed by atoms with Crippen molar-refractivity contribution in [1.82, 2.24) is 5.32 Å². The monoisotopic (exact) mass is 206 g/mol. The first-order chi connectivity index (χ1) is 7.35. The standard InChI is InChI=1S/C12H18N2O/c1-15-11-4-2-9(3-5-11)12-10(8-13)6-7-14-12/h2-5,10,12,14H,6-8,13H2,1H3. The van der Waals surface area contributed by atoms with E-state index in [0.29, 0.717) is 12.0 Å². The molecule has 2 unspecified atom stereocenters. The van der Waals surface area contributed by atoms with Crippen molar-refractivity contribution < 1.29 is 4.74 Å². The zero-order valence-electron chi connectivity index (χ0n) is 9.07. The smallest absolute Gasteiger partial charge is 0.118 e. The quantitative estimate of drug-likeness (QED) is 0.783. The van der Waals surface area contributed by atoms with Gasteiger partial charge in [-0.3, -0.25) is 0 Å². The molecule has 1 aromatic rings. The van der Waals surface area contributed by atoms with E-state index in [1.54, 1.807) is 7.11 Å². The molecule has 0 aromatic heterocycles. The molecule has 15 heavy (non-hydrogen) atoms. The Labute approximate surface area is 90.6 Å². The maximum Gasteiger partial charge on any atom is 0.118 e. The Kier molecular flexibility index (Phi) is 3.23. The molecule has 0 spiro atoms. The largest absolute Gasteiger partial charge is 0.497 e. The van der Waals surface area contributed by atoms with Crippen molar-refractivity contribution in [2.45, 2.75) is 12.5 Å². The Morgan fingerprint density at radius 2 is 2.13 bits per heavy atom. The molecule has 1 aliphatic rings. The van der Waals surface area contributed by atoms with Crippen LogP contribution in [0.25, 0.3) is 0 Å². The van der Waals surface area contributed by atoms with Crippen LogP contribution in [0.5, 0.6) is 5.75 Å². The van der Waals surface area contributed by atoms with E-state index in [1.807, 2.05) is 12.1 Å². The molecule has 2 atom stereocenters. The average Bonchev–Trinajstić information content (AvgIpc) is 2.77. The van der Waals surface area contributed by atoms with Gasteiger partial charge in [-0.05, 0) is 43.1 Å². The lowest BCUT2D eigenvalue weighted by molar-refractivity contribution is 0.413. The second-order valence-electron chi connectivity index (χ2n) is 3.99. The highest BCUT2D eigenvalue weighted by Gasteiger charge is 2.26. The number of rotatable bonds is 3. The van der Waals surface area contributed by atoms with Gasteiger partial charge in [-0.2, -0.15) is 0 Å². The molecule has 0 saturated carbocycles. The van der Waals surface area contributed by atoms with E-state index in [4.69, 9.17) is 10.5 Å². The first kappa shape index (κ1) is 10.5. The van der Waals surface area contributed by atoms with Crippen LogP contribution in [0.2, 0.25) is 0 Å². The number of nitrogens with two attached hydrogens (primary N) is 1. The van der Waals surface area contributed by atoms with Crippen molar-refractivity contribution in [2.24, 2.45) is 11.7 Å². The number of hydrogen-bond donors (Lipinski definition) is 2. The molecule has 3 N–H and O–H groups in total. The van der Waals surface area contributed by atoms with Gasteiger partial charge in [-0.1, -0.05) is 12.1 Å². The molecule has 0 bridgehead atoms. The first-order valence-electron chi connectivity index (χ1n) is 5.42. The summed E-state index contributed by atoms with van der Waals surface area (Å²) in [7, 11) is 1.69. The Bertz CT molecular complexity index is 310. The Morgan fingerprint density at radius 1 is 1.40 bits per heavy atom. The lowest BCUT2D eigenvalue weighted by atomic mass is 9.94. The van der Waals surface area contributed by atoms with Crippen molar-refractivity contribution in [1.29, 1.82) is 0 Å². The summed E-state index contributed by atoms with van der Waals surface area (Å²) >= 11 is 0. The SMILES string of the molecule is COc1ccc(C2NCCC2CN)cc1. The molecule has 3 heteroatoms. The van der Waals surface area contributed by atoms with E-state index < -0.39 is 0 Å². The van der Waals surface area contributed by atoms with E-state index in [1.165, 1.54) is 12.0 Å². The Morgan fingerprint density at radius 3 is 2.73 bits per heavy atom. The lowest BCUT2D eigenvalue weighted by Crippen LogP contribution is -2.23. The summed E-state index contributed by atoms with van der Waals surface area (Å²) in [6.07, 6.45) is 1.17. The van der Waals surface area contributed by atoms with Gasteiger partial charge in [0.2, 0.25) is 0 Å². The molecule has 82 valence electrons. The molecule has 1 aromatic carbocycles. The van der Waals surface area contributed by atoms with Crippen molar-refractivity contribution in [3.63, 3.8) is 0 Å². The molecule has 1 heterocycles. The normalized spacial score (nSPS) is 25.5. The van der Waals surface area contributed by atoms with Gasteiger partial charge >= 0.3 is 0 Å². The van der Waals surface area contributed by atoms with Crippen molar-refractivity contribution in [2.75, 3.05) is 20.2 Å². The highest BCUT2D eigenvalue weighted by atomic mass is 16.5. The number of ether oxygens (including phenoxy) is 1. The van der Waals surface area contributed by atoms with Gasteiger partial charge in [0, 0.05) is 6.04 Å². The summed E-state index contributed by atoms with van der Waals surface area (Å²) in [5, 5.41) is 3.49. The second kappa shape index (κ2) is 4.64. The highest BCUT2D eigenvalue weighted by molar-refractivity contribution is 5.30. The number of nitrogens with one attached hydrogen (secondary N) is 1. The lowest BCUT2D eigenvalue weighted by Gasteiger charge is -2.18. The summed E-state index contributed by atoms with van der Waals surface area (Å²) in [6, 6.07) is 8.65. The van der Waals surface area contributed by atoms with Gasteiger partial charge in [0.25, 0.3) is 0 Å². The fourth-order valence-electron chi connectivity index (χ4n) is 2.21. The molecule has 3 nitrogen and oxygen atoms in total. The van der Waals surface area contributed by atoms with Crippen LogP contribution in [-0.2, 0) is 0 Å². The third kappa shape index (κ3) is 2.13. The Hall–Kier alpha value is -1.06. The van der Waals surface area contributed by atoms with E-state index in [0.717, 1.165) is 18.8 Å². The van der Waals surface area contributed by atoms with Crippen LogP contribution in [-0.4, -0.2) is 20.2 Å². The van der Waals surface area contributed by atoms with E-state index in [9.17, 15) is 0 Å². The summed E-state index contributed by atoms with van der Waals surface area (Å²) in [5.74, 6) is 1.47. The van der Waals surface area contributed by atoms with Gasteiger partial charge in [0.15, 0.2) is 0 Å². The van der Waals surface area contributed by atoms with Crippen LogP contribution in [0.4, 0.5) is 0 Å². The molecule has 0 amide bonds. The van der Waals surface area contributed by atoms with Crippen molar-refractivity contribution in [3.8, 4) is 5.75 Å². The summed E-state index contributed by atoms with van der Waals surface area (Å²) in [4.78, 5) is 0. The molecule has 2 rings (SSSR count). The zero-order chi connectivity index (χ0) is 10.7. The first-order valence-corrected chi connectivity index (χ1v) is 5.42. The molecular weight excluding hydrogens is 188 g/mol. The van der Waals surface area contributed by atoms with Crippen LogP contribution < -0.4 is 15.8 Å². The predicted molar refractivity (Wildman–Crippen MR) is 60.9 cm³/mol. The minimum Gasteiger partial charge on any atom is -0.497 e. The Balaban J connectivity index is 2.14. The summed E-state index contributed by atoms with van der Waals surface area (Å²) in [5.41, 5.74) is 7.06. The van der Waals surface area contributed by atoms with Crippen LogP contribution in [0, 0.1) is 5.92 Å². The van der Waals surface area contributed by atoms with Crippen LogP contribution in [0.1, 0.15) is 18.0 Å². The van der Waals surface area contributed by atoms with Crippen LogP contribution in [0.3, 0.4) is 0 Å². The maximum atomic E-state index is 5.75. The molecule has 1 fully saturated rings. The van der Waals surface area contributed by atoms with Gasteiger partial charge in [0.1, 0.15) is 5.75 Å². The van der Waals surface area contributed by atoms with E-state index >= 15 is 0 Å². The van der Waals surface area contributed by atoms with Crippen molar-refractivity contribution >= 4 is 0 Å². The minimum atomic E-state index is 0.418. The average molecular weight is 206 g/mol. The molecule has 1 saturated heterocycles. The third-order valence-electron chi connectivity index (χ3n) is 3.13. The number of methoxy groups -OCH3 is 1. The summed E-state index contributed by atoms with van der Waals surface area (Å²) in [6.45, 7) is 1.82. The fourth-order valence-corrected chi connectivity index (χ4v) is 2.21. The maximum absolute atomic E-state index is 5.75. The fraction of sp³-hybridized carbons (Fsp3) is 0.500. The summed E-state index contributed by atoms with van der Waals surface area (Å²) < 4.78 is 5.14. The van der Waals surface area contributed by atoms with Crippen molar-refractivity contribution in [3.05, 3.63) is 29.8 Å².